The van der Waals surface area contributed by atoms with Crippen molar-refractivity contribution in [3.05, 3.63) is 0 Å². The molecule has 2 N–H and O–H groups in total. The van der Waals surface area contributed by atoms with Gasteiger partial charge in [-0.1, -0.05) is 25.7 Å². The number of hydrogen-bond donors (Lipinski definition) is 2. The molecule has 98 valence electrons. The van der Waals surface area contributed by atoms with E-state index in [2.05, 4.69) is 17.6 Å². The van der Waals surface area contributed by atoms with E-state index in [4.69, 9.17) is 0 Å². The van der Waals surface area contributed by atoms with Crippen LogP contribution in [-0.2, 0) is 4.79 Å². The molecule has 0 unspecified atom stereocenters. The lowest BCUT2D eigenvalue weighted by Crippen LogP contribution is -2.43. The number of hydrogen-bond acceptors (Lipinski definition) is 2. The van der Waals surface area contributed by atoms with Crippen molar-refractivity contribution in [1.29, 1.82) is 0 Å². The summed E-state index contributed by atoms with van der Waals surface area (Å²) in [5, 5.41) is 6.51. The summed E-state index contributed by atoms with van der Waals surface area (Å²) in [6, 6.07) is 0.943. The maximum absolute atomic E-state index is 11.8. The largest absolute Gasteiger partial charge is 0.352 e. The summed E-state index contributed by atoms with van der Waals surface area (Å²) in [7, 11) is 0. The Bertz CT molecular complexity index is 243. The molecule has 0 aliphatic heterocycles. The van der Waals surface area contributed by atoms with Gasteiger partial charge >= 0.3 is 0 Å². The van der Waals surface area contributed by atoms with Gasteiger partial charge in [0.2, 0.25) is 5.91 Å². The van der Waals surface area contributed by atoms with Crippen molar-refractivity contribution in [2.24, 2.45) is 5.92 Å². The van der Waals surface area contributed by atoms with Gasteiger partial charge in [-0.2, -0.15) is 0 Å². The van der Waals surface area contributed by atoms with Crippen molar-refractivity contribution < 1.29 is 4.79 Å². The number of rotatable bonds is 5. The highest BCUT2D eigenvalue weighted by molar-refractivity contribution is 5.78. The van der Waals surface area contributed by atoms with E-state index < -0.39 is 0 Å². The molecule has 2 fully saturated rings. The molecule has 0 heterocycles. The van der Waals surface area contributed by atoms with E-state index in [9.17, 15) is 4.79 Å². The molecule has 0 bridgehead atoms. The highest BCUT2D eigenvalue weighted by Crippen LogP contribution is 2.27. The molecule has 2 rings (SSSR count). The van der Waals surface area contributed by atoms with Crippen LogP contribution in [0.5, 0.6) is 0 Å². The van der Waals surface area contributed by atoms with Gasteiger partial charge in [-0.15, -0.1) is 0 Å². The molecular formula is C14H26N2O. The second-order valence-electron chi connectivity index (χ2n) is 5.76. The third-order valence-corrected chi connectivity index (χ3v) is 4.40. The van der Waals surface area contributed by atoms with Gasteiger partial charge in [-0.3, -0.25) is 4.79 Å². The molecule has 2 aliphatic carbocycles. The SMILES string of the molecule is C[C@@H](NC(=O)CNC1CCCC1)C1CCCC1. The predicted molar refractivity (Wildman–Crippen MR) is 69.8 cm³/mol. The molecule has 0 saturated heterocycles. The second kappa shape index (κ2) is 6.39. The summed E-state index contributed by atoms with van der Waals surface area (Å²) >= 11 is 0. The van der Waals surface area contributed by atoms with Crippen LogP contribution in [0.4, 0.5) is 0 Å². The van der Waals surface area contributed by atoms with Crippen molar-refractivity contribution in [2.75, 3.05) is 6.54 Å². The minimum Gasteiger partial charge on any atom is -0.352 e. The Balaban J connectivity index is 1.62. The van der Waals surface area contributed by atoms with Crippen molar-refractivity contribution in [2.45, 2.75) is 70.4 Å². The van der Waals surface area contributed by atoms with Crippen LogP contribution in [-0.4, -0.2) is 24.5 Å². The quantitative estimate of drug-likeness (QED) is 0.771. The van der Waals surface area contributed by atoms with E-state index >= 15 is 0 Å². The second-order valence-corrected chi connectivity index (χ2v) is 5.76. The normalized spacial score (nSPS) is 24.1. The van der Waals surface area contributed by atoms with Gasteiger partial charge in [0, 0.05) is 12.1 Å². The molecule has 1 atom stereocenters. The molecule has 0 radical (unpaired) electrons. The van der Waals surface area contributed by atoms with E-state index in [1.807, 2.05) is 0 Å². The zero-order valence-corrected chi connectivity index (χ0v) is 11.0. The third kappa shape index (κ3) is 3.98. The fourth-order valence-electron chi connectivity index (χ4n) is 3.25. The first kappa shape index (κ1) is 12.9. The van der Waals surface area contributed by atoms with Gasteiger partial charge in [-0.25, -0.2) is 0 Å². The first-order chi connectivity index (χ1) is 8.25. The van der Waals surface area contributed by atoms with Crippen LogP contribution in [0.2, 0.25) is 0 Å². The summed E-state index contributed by atoms with van der Waals surface area (Å²) < 4.78 is 0. The molecule has 0 aromatic rings. The van der Waals surface area contributed by atoms with Crippen molar-refractivity contribution in [1.82, 2.24) is 10.6 Å². The molecule has 0 spiro atoms. The molecule has 0 aromatic heterocycles. The van der Waals surface area contributed by atoms with E-state index in [1.54, 1.807) is 0 Å². The topological polar surface area (TPSA) is 41.1 Å². The Morgan fingerprint density at radius 1 is 1.12 bits per heavy atom. The summed E-state index contributed by atoms with van der Waals surface area (Å²) in [4.78, 5) is 11.8. The van der Waals surface area contributed by atoms with E-state index in [0.29, 0.717) is 24.5 Å². The molecule has 3 heteroatoms. The monoisotopic (exact) mass is 238 g/mol. The van der Waals surface area contributed by atoms with Gasteiger partial charge in [0.15, 0.2) is 0 Å². The molecule has 2 aliphatic rings. The predicted octanol–water partition coefficient (Wildman–Crippen LogP) is 2.21. The number of amides is 1. The van der Waals surface area contributed by atoms with Crippen molar-refractivity contribution in [3.63, 3.8) is 0 Å². The Morgan fingerprint density at radius 2 is 1.71 bits per heavy atom. The molecule has 3 nitrogen and oxygen atoms in total. The van der Waals surface area contributed by atoms with E-state index in [0.717, 1.165) is 0 Å². The van der Waals surface area contributed by atoms with Gasteiger partial charge in [0.25, 0.3) is 0 Å². The molecule has 17 heavy (non-hydrogen) atoms. The van der Waals surface area contributed by atoms with E-state index in [-0.39, 0.29) is 5.91 Å². The molecular weight excluding hydrogens is 212 g/mol. The van der Waals surface area contributed by atoms with Crippen LogP contribution in [0.25, 0.3) is 0 Å². The fraction of sp³-hybridized carbons (Fsp3) is 0.929. The van der Waals surface area contributed by atoms with Crippen molar-refractivity contribution >= 4 is 5.91 Å². The molecule has 1 amide bonds. The summed E-state index contributed by atoms with van der Waals surface area (Å²) in [5.74, 6) is 0.890. The first-order valence-electron chi connectivity index (χ1n) is 7.28. The standard InChI is InChI=1S/C14H26N2O/c1-11(12-6-2-3-7-12)16-14(17)10-15-13-8-4-5-9-13/h11-13,15H,2-10H2,1H3,(H,16,17)/t11-/m1/s1. The van der Waals surface area contributed by atoms with Crippen LogP contribution in [0.15, 0.2) is 0 Å². The van der Waals surface area contributed by atoms with Gasteiger partial charge in [0.1, 0.15) is 0 Å². The van der Waals surface area contributed by atoms with Crippen LogP contribution < -0.4 is 10.6 Å². The minimum atomic E-state index is 0.177. The fourth-order valence-corrected chi connectivity index (χ4v) is 3.25. The maximum atomic E-state index is 11.8. The molecule has 0 aromatic carbocycles. The van der Waals surface area contributed by atoms with Gasteiger partial charge in [-0.05, 0) is 38.5 Å². The summed E-state index contributed by atoms with van der Waals surface area (Å²) in [6.45, 7) is 2.66. The highest BCUT2D eigenvalue weighted by atomic mass is 16.1. The Labute approximate surface area is 105 Å². The number of nitrogens with one attached hydrogen (secondary N) is 2. The maximum Gasteiger partial charge on any atom is 0.234 e. The van der Waals surface area contributed by atoms with Crippen LogP contribution in [0.3, 0.4) is 0 Å². The lowest BCUT2D eigenvalue weighted by molar-refractivity contribution is -0.121. The zero-order chi connectivity index (χ0) is 12.1. The lowest BCUT2D eigenvalue weighted by Gasteiger charge is -2.21. The Morgan fingerprint density at radius 3 is 2.35 bits per heavy atom. The summed E-state index contributed by atoms with van der Waals surface area (Å²) in [6.07, 6.45) is 10.4. The summed E-state index contributed by atoms with van der Waals surface area (Å²) in [5.41, 5.74) is 0. The van der Waals surface area contributed by atoms with Gasteiger partial charge < -0.3 is 10.6 Å². The average molecular weight is 238 g/mol. The van der Waals surface area contributed by atoms with Crippen LogP contribution >= 0.6 is 0 Å². The van der Waals surface area contributed by atoms with E-state index in [1.165, 1.54) is 51.4 Å². The minimum absolute atomic E-state index is 0.177. The Kier molecular flexibility index (Phi) is 4.84. The van der Waals surface area contributed by atoms with Crippen LogP contribution in [0.1, 0.15) is 58.3 Å². The zero-order valence-electron chi connectivity index (χ0n) is 11.0. The van der Waals surface area contributed by atoms with Crippen molar-refractivity contribution in [3.8, 4) is 0 Å². The smallest absolute Gasteiger partial charge is 0.234 e. The molecule has 2 saturated carbocycles. The van der Waals surface area contributed by atoms with Crippen LogP contribution in [0, 0.1) is 5.92 Å². The first-order valence-corrected chi connectivity index (χ1v) is 7.28. The Hall–Kier alpha value is -0.570. The lowest BCUT2D eigenvalue weighted by atomic mass is 10.00. The number of carbonyl (C=O) groups is 1. The van der Waals surface area contributed by atoms with Gasteiger partial charge in [0.05, 0.1) is 6.54 Å². The number of carbonyl (C=O) groups excluding carboxylic acids is 1. The average Bonchev–Trinajstić information content (AvgIpc) is 2.99. The highest BCUT2D eigenvalue weighted by Gasteiger charge is 2.23. The third-order valence-electron chi connectivity index (χ3n) is 4.40.